The highest BCUT2D eigenvalue weighted by molar-refractivity contribution is 6.96. The second kappa shape index (κ2) is 12.2. The van der Waals surface area contributed by atoms with Crippen molar-refractivity contribution in [2.75, 3.05) is 16.6 Å². The lowest BCUT2D eigenvalue weighted by molar-refractivity contribution is 0.885. The highest BCUT2D eigenvalue weighted by Gasteiger charge is 2.28. The van der Waals surface area contributed by atoms with Gasteiger partial charge in [0.25, 0.3) is 0 Å². The second-order valence-electron chi connectivity index (χ2n) is 12.4. The van der Waals surface area contributed by atoms with Crippen LogP contribution in [0.5, 0.6) is 0 Å². The predicted octanol–water partition coefficient (Wildman–Crippen LogP) is 6.91. The Labute approximate surface area is 272 Å². The highest BCUT2D eigenvalue weighted by atomic mass is 15.6. The van der Waals surface area contributed by atoms with E-state index in [9.17, 15) is 0 Å². The van der Waals surface area contributed by atoms with Gasteiger partial charge in [-0.1, -0.05) is 118 Å². The largest absolute Gasteiger partial charge is 0.308 e. The van der Waals surface area contributed by atoms with Gasteiger partial charge in [0.1, 0.15) is 12.5 Å². The van der Waals surface area contributed by atoms with Crippen LogP contribution in [0.1, 0.15) is 29.2 Å². The fourth-order valence-corrected chi connectivity index (χ4v) is 6.87. The molecule has 2 heterocycles. The van der Waals surface area contributed by atoms with Crippen LogP contribution in [-0.4, -0.2) is 29.0 Å². The van der Waals surface area contributed by atoms with Crippen molar-refractivity contribution in [1.82, 2.24) is 9.78 Å². The molecule has 5 nitrogen and oxygen atoms in total. The third-order valence-electron chi connectivity index (χ3n) is 8.94. The lowest BCUT2D eigenvalue weighted by Gasteiger charge is -2.24. The van der Waals surface area contributed by atoms with Crippen molar-refractivity contribution in [3.8, 4) is 16.9 Å². The number of aromatic nitrogens is 2. The van der Waals surface area contributed by atoms with Crippen molar-refractivity contribution < 1.29 is 0 Å². The Balaban J connectivity index is 1.30. The van der Waals surface area contributed by atoms with Crippen LogP contribution in [0, 0.1) is 27.7 Å². The van der Waals surface area contributed by atoms with Gasteiger partial charge >= 0.3 is 0 Å². The van der Waals surface area contributed by atoms with Gasteiger partial charge in [-0.05, 0) is 76.6 Å². The standard InChI is InChI=1S/C40H38BN5/c1-28-22-29(2)39(30(3)23-28)41(34-16-12-20-37(24-34)45-26-31(4)40(43-45)33-14-8-6-9-15-33)35-17-13-21-38(25-35)46-27-44(32(5)42-46)36-18-10-7-11-19-36/h6-26H,27H2,1-5H3. The molecule has 7 rings (SSSR count). The van der Waals surface area contributed by atoms with Gasteiger partial charge in [0.15, 0.2) is 0 Å². The first-order valence-electron chi connectivity index (χ1n) is 15.9. The number of hydrazone groups is 1. The van der Waals surface area contributed by atoms with E-state index in [-0.39, 0.29) is 6.71 Å². The third-order valence-corrected chi connectivity index (χ3v) is 8.94. The van der Waals surface area contributed by atoms with Gasteiger partial charge in [0, 0.05) is 17.4 Å². The minimum absolute atomic E-state index is 0.0312. The van der Waals surface area contributed by atoms with Gasteiger partial charge in [0.05, 0.1) is 17.1 Å². The Bertz CT molecular complexity index is 2020. The quantitative estimate of drug-likeness (QED) is 0.187. The smallest absolute Gasteiger partial charge is 0.242 e. The molecule has 6 heteroatoms. The SMILES string of the molecule is CC1=NN(c2cccc(B(c3cccc(-n4cc(C)c(-c5ccccc5)n4)c3)c3c(C)cc(C)cc3C)c2)CN1c1ccccc1. The normalized spacial score (nSPS) is 12.8. The van der Waals surface area contributed by atoms with Gasteiger partial charge in [-0.15, -0.1) is 0 Å². The van der Waals surface area contributed by atoms with Crippen LogP contribution in [0.4, 0.5) is 11.4 Å². The van der Waals surface area contributed by atoms with E-state index in [1.165, 1.54) is 33.1 Å². The van der Waals surface area contributed by atoms with E-state index < -0.39 is 0 Å². The summed E-state index contributed by atoms with van der Waals surface area (Å²) in [5.74, 6) is 0.982. The number of benzene rings is 5. The molecule has 0 fully saturated rings. The summed E-state index contributed by atoms with van der Waals surface area (Å²) in [4.78, 5) is 2.25. The fraction of sp³-hybridized carbons (Fsp3) is 0.150. The number of rotatable bonds is 7. The Morgan fingerprint density at radius 1 is 0.587 bits per heavy atom. The van der Waals surface area contributed by atoms with Crippen molar-refractivity contribution >= 4 is 40.3 Å². The van der Waals surface area contributed by atoms with Crippen LogP contribution in [0.2, 0.25) is 0 Å². The Hall–Kier alpha value is -5.36. The van der Waals surface area contributed by atoms with Crippen LogP contribution in [0.15, 0.2) is 133 Å². The minimum Gasteiger partial charge on any atom is -0.308 e. The van der Waals surface area contributed by atoms with Crippen molar-refractivity contribution in [3.63, 3.8) is 0 Å². The number of aryl methyl sites for hydroxylation is 4. The molecule has 0 aliphatic carbocycles. The summed E-state index contributed by atoms with van der Waals surface area (Å²) in [6.45, 7) is 11.6. The van der Waals surface area contributed by atoms with E-state index >= 15 is 0 Å². The molecule has 226 valence electrons. The van der Waals surface area contributed by atoms with Crippen molar-refractivity contribution in [2.45, 2.75) is 34.6 Å². The summed E-state index contributed by atoms with van der Waals surface area (Å²) < 4.78 is 2.02. The monoisotopic (exact) mass is 599 g/mol. The second-order valence-corrected chi connectivity index (χ2v) is 12.4. The van der Waals surface area contributed by atoms with Crippen LogP contribution < -0.4 is 26.3 Å². The Morgan fingerprint density at radius 3 is 1.85 bits per heavy atom. The lowest BCUT2D eigenvalue weighted by atomic mass is 9.35. The molecule has 1 aliphatic heterocycles. The number of hydrogen-bond donors (Lipinski definition) is 0. The van der Waals surface area contributed by atoms with E-state index in [2.05, 4.69) is 160 Å². The lowest BCUT2D eigenvalue weighted by Crippen LogP contribution is -2.54. The first kappa shape index (κ1) is 29.4. The zero-order valence-corrected chi connectivity index (χ0v) is 27.1. The van der Waals surface area contributed by atoms with Gasteiger partial charge in [0.2, 0.25) is 6.71 Å². The van der Waals surface area contributed by atoms with Crippen LogP contribution in [0.3, 0.4) is 0 Å². The molecule has 5 aromatic carbocycles. The van der Waals surface area contributed by atoms with Crippen molar-refractivity contribution in [3.05, 3.63) is 150 Å². The van der Waals surface area contributed by atoms with Crippen LogP contribution in [0.25, 0.3) is 16.9 Å². The molecule has 0 unspecified atom stereocenters. The molecule has 0 atom stereocenters. The molecule has 1 aliphatic rings. The summed E-state index contributed by atoms with van der Waals surface area (Å²) in [5, 5.41) is 12.1. The average Bonchev–Trinajstić information content (AvgIpc) is 3.66. The number of anilines is 2. The van der Waals surface area contributed by atoms with Crippen LogP contribution >= 0.6 is 0 Å². The third kappa shape index (κ3) is 5.63. The number of nitrogens with zero attached hydrogens (tertiary/aromatic N) is 5. The van der Waals surface area contributed by atoms with Crippen LogP contribution in [-0.2, 0) is 0 Å². The Morgan fingerprint density at radius 2 is 1.17 bits per heavy atom. The minimum atomic E-state index is 0.0312. The topological polar surface area (TPSA) is 36.7 Å². The first-order chi connectivity index (χ1) is 22.4. The zero-order valence-electron chi connectivity index (χ0n) is 27.1. The predicted molar refractivity (Wildman–Crippen MR) is 195 cm³/mol. The van der Waals surface area contributed by atoms with Crippen molar-refractivity contribution in [1.29, 1.82) is 0 Å². The molecular weight excluding hydrogens is 561 g/mol. The molecular formula is C40H38BN5. The Kier molecular flexibility index (Phi) is 7.79. The summed E-state index contributed by atoms with van der Waals surface area (Å²) in [6, 6.07) is 43.2. The van der Waals surface area contributed by atoms with Gasteiger partial charge in [-0.25, -0.2) is 9.69 Å². The summed E-state index contributed by atoms with van der Waals surface area (Å²) in [5.41, 5.74) is 14.2. The molecule has 0 saturated heterocycles. The van der Waals surface area contributed by atoms with Crippen molar-refractivity contribution in [2.24, 2.45) is 5.10 Å². The molecule has 0 radical (unpaired) electrons. The summed E-state index contributed by atoms with van der Waals surface area (Å²) in [6.07, 6.45) is 2.13. The molecule has 1 aromatic heterocycles. The number of para-hydroxylation sites is 1. The maximum absolute atomic E-state index is 5.04. The first-order valence-corrected chi connectivity index (χ1v) is 15.9. The molecule has 46 heavy (non-hydrogen) atoms. The van der Waals surface area contributed by atoms with E-state index in [1.54, 1.807) is 0 Å². The molecule has 0 amide bonds. The highest BCUT2D eigenvalue weighted by Crippen LogP contribution is 2.25. The van der Waals surface area contributed by atoms with E-state index in [1.807, 2.05) is 16.8 Å². The van der Waals surface area contributed by atoms with Gasteiger partial charge in [-0.2, -0.15) is 10.2 Å². The number of hydrogen-bond acceptors (Lipinski definition) is 4. The molecule has 0 saturated carbocycles. The molecule has 6 aromatic rings. The fourth-order valence-electron chi connectivity index (χ4n) is 6.87. The van der Waals surface area contributed by atoms with E-state index in [0.717, 1.165) is 39.7 Å². The van der Waals surface area contributed by atoms with E-state index in [4.69, 9.17) is 10.2 Å². The molecule has 0 spiro atoms. The maximum Gasteiger partial charge on any atom is 0.242 e. The summed E-state index contributed by atoms with van der Waals surface area (Å²) in [7, 11) is 0. The molecule has 0 N–H and O–H groups in total. The maximum atomic E-state index is 5.04. The van der Waals surface area contributed by atoms with Gasteiger partial charge in [-0.3, -0.25) is 0 Å². The van der Waals surface area contributed by atoms with Gasteiger partial charge < -0.3 is 4.90 Å². The summed E-state index contributed by atoms with van der Waals surface area (Å²) >= 11 is 0. The van der Waals surface area contributed by atoms with E-state index in [0.29, 0.717) is 6.67 Å². The number of amidine groups is 1. The molecule has 0 bridgehead atoms. The zero-order chi connectivity index (χ0) is 31.8. The average molecular weight is 600 g/mol.